The molecule has 2 N–H and O–H groups in total. The quantitative estimate of drug-likeness (QED) is 0.733. The van der Waals surface area contributed by atoms with Crippen molar-refractivity contribution in [1.29, 1.82) is 0 Å². The Balaban J connectivity index is 1.63. The first-order valence-corrected chi connectivity index (χ1v) is 8.20. The molecule has 1 atom stereocenters. The third kappa shape index (κ3) is 4.04. The van der Waals surface area contributed by atoms with Crippen LogP contribution in [0, 0.1) is 11.6 Å². The maximum absolute atomic E-state index is 13.2. The second-order valence-corrected chi connectivity index (χ2v) is 6.01. The normalized spacial score (nSPS) is 12.0. The first kappa shape index (κ1) is 17.1. The Labute approximate surface area is 146 Å². The molecule has 0 radical (unpaired) electrons. The lowest BCUT2D eigenvalue weighted by molar-refractivity contribution is 0.0912. The van der Waals surface area contributed by atoms with Gasteiger partial charge in [0.2, 0.25) is 0 Å². The van der Waals surface area contributed by atoms with Gasteiger partial charge in [0.1, 0.15) is 10.7 Å². The third-order valence-corrected chi connectivity index (χ3v) is 4.27. The van der Waals surface area contributed by atoms with E-state index in [4.69, 9.17) is 0 Å². The molecule has 8 heteroatoms. The smallest absolute Gasteiger partial charge is 0.270 e. The maximum atomic E-state index is 13.2. The highest BCUT2D eigenvalue weighted by molar-refractivity contribution is 7.13. The highest BCUT2D eigenvalue weighted by Gasteiger charge is 2.15. The van der Waals surface area contributed by atoms with Crippen molar-refractivity contribution >= 4 is 17.2 Å². The number of rotatable bonds is 5. The number of carbonyl (C=O) groups excluding carboxylic acids is 1. The molecule has 0 aliphatic rings. The molecule has 0 fully saturated rings. The standard InChI is InChI=1S/C17H13F2N3O2S/c18-11-5-4-10(7-12(11)19)15(23)8-21-16(24)14-9-25-17(22-14)13-3-1-2-6-20-13/h1-7,9,15,23H,8H2,(H,21,24)/t15-/m1/s1. The zero-order valence-electron chi connectivity index (χ0n) is 12.8. The monoisotopic (exact) mass is 361 g/mol. The van der Waals surface area contributed by atoms with Gasteiger partial charge in [0.25, 0.3) is 5.91 Å². The summed E-state index contributed by atoms with van der Waals surface area (Å²) in [5, 5.41) is 14.7. The summed E-state index contributed by atoms with van der Waals surface area (Å²) >= 11 is 1.28. The third-order valence-electron chi connectivity index (χ3n) is 3.41. The minimum absolute atomic E-state index is 0.152. The fourth-order valence-corrected chi connectivity index (χ4v) is 2.88. The summed E-state index contributed by atoms with van der Waals surface area (Å²) in [5.41, 5.74) is 1.03. The van der Waals surface area contributed by atoms with E-state index in [-0.39, 0.29) is 17.8 Å². The molecule has 0 aliphatic heterocycles. The molecule has 1 amide bonds. The summed E-state index contributed by atoms with van der Waals surface area (Å²) in [4.78, 5) is 20.5. The largest absolute Gasteiger partial charge is 0.387 e. The Hall–Kier alpha value is -2.71. The fraction of sp³-hybridized carbons (Fsp3) is 0.118. The van der Waals surface area contributed by atoms with E-state index in [0.29, 0.717) is 10.7 Å². The number of aliphatic hydroxyl groups is 1. The number of nitrogens with one attached hydrogen (secondary N) is 1. The Morgan fingerprint density at radius 3 is 2.80 bits per heavy atom. The molecule has 2 aromatic heterocycles. The van der Waals surface area contributed by atoms with Gasteiger partial charge in [-0.15, -0.1) is 11.3 Å². The molecule has 0 spiro atoms. The van der Waals surface area contributed by atoms with Gasteiger partial charge >= 0.3 is 0 Å². The van der Waals surface area contributed by atoms with E-state index in [0.717, 1.165) is 12.1 Å². The maximum Gasteiger partial charge on any atom is 0.270 e. The van der Waals surface area contributed by atoms with Gasteiger partial charge < -0.3 is 10.4 Å². The molecule has 5 nitrogen and oxygen atoms in total. The number of hydrogen-bond acceptors (Lipinski definition) is 5. The van der Waals surface area contributed by atoms with Crippen molar-refractivity contribution in [2.45, 2.75) is 6.10 Å². The van der Waals surface area contributed by atoms with Gasteiger partial charge in [-0.25, -0.2) is 13.8 Å². The van der Waals surface area contributed by atoms with Crippen molar-refractivity contribution in [2.75, 3.05) is 6.54 Å². The Kier molecular flexibility index (Phi) is 5.11. The molecule has 2 heterocycles. The molecule has 0 saturated carbocycles. The van der Waals surface area contributed by atoms with Crippen LogP contribution in [0.15, 0.2) is 48.0 Å². The average Bonchev–Trinajstić information content (AvgIpc) is 3.12. The zero-order chi connectivity index (χ0) is 17.8. The van der Waals surface area contributed by atoms with E-state index in [1.54, 1.807) is 23.7 Å². The molecule has 0 aliphatic carbocycles. The lowest BCUT2D eigenvalue weighted by Gasteiger charge is -2.12. The number of carbonyl (C=O) groups is 1. The molecule has 25 heavy (non-hydrogen) atoms. The van der Waals surface area contributed by atoms with Crippen molar-refractivity contribution in [1.82, 2.24) is 15.3 Å². The number of nitrogens with zero attached hydrogens (tertiary/aromatic N) is 2. The summed E-state index contributed by atoms with van der Waals surface area (Å²) < 4.78 is 26.1. The van der Waals surface area contributed by atoms with E-state index >= 15 is 0 Å². The van der Waals surface area contributed by atoms with Crippen LogP contribution in [0.1, 0.15) is 22.2 Å². The highest BCUT2D eigenvalue weighted by atomic mass is 32.1. The van der Waals surface area contributed by atoms with E-state index in [9.17, 15) is 18.7 Å². The molecule has 0 bridgehead atoms. The first-order valence-electron chi connectivity index (χ1n) is 7.32. The van der Waals surface area contributed by atoms with E-state index in [1.165, 1.54) is 17.4 Å². The molecular weight excluding hydrogens is 348 g/mol. The van der Waals surface area contributed by atoms with Crippen molar-refractivity contribution in [3.8, 4) is 10.7 Å². The predicted octanol–water partition coefficient (Wildman–Crippen LogP) is 2.95. The molecule has 0 unspecified atom stereocenters. The molecule has 128 valence electrons. The van der Waals surface area contributed by atoms with Gasteiger partial charge in [-0.2, -0.15) is 0 Å². The van der Waals surface area contributed by atoms with E-state index in [2.05, 4.69) is 15.3 Å². The van der Waals surface area contributed by atoms with Gasteiger partial charge in [-0.05, 0) is 29.8 Å². The number of benzene rings is 1. The Morgan fingerprint density at radius 1 is 1.24 bits per heavy atom. The number of pyridine rings is 1. The van der Waals surface area contributed by atoms with Gasteiger partial charge in [-0.1, -0.05) is 12.1 Å². The number of thiazole rings is 1. The minimum Gasteiger partial charge on any atom is -0.387 e. The molecule has 0 saturated heterocycles. The van der Waals surface area contributed by atoms with Crippen LogP contribution >= 0.6 is 11.3 Å². The lowest BCUT2D eigenvalue weighted by Crippen LogP contribution is -2.28. The average molecular weight is 361 g/mol. The van der Waals surface area contributed by atoms with Crippen LogP contribution in [0.25, 0.3) is 10.7 Å². The van der Waals surface area contributed by atoms with Gasteiger partial charge in [0.05, 0.1) is 11.8 Å². The van der Waals surface area contributed by atoms with Gasteiger partial charge in [0.15, 0.2) is 11.6 Å². The number of aromatic nitrogens is 2. The Morgan fingerprint density at radius 2 is 2.08 bits per heavy atom. The van der Waals surface area contributed by atoms with Crippen LogP contribution in [0.2, 0.25) is 0 Å². The lowest BCUT2D eigenvalue weighted by atomic mass is 10.1. The fourth-order valence-electron chi connectivity index (χ4n) is 2.10. The summed E-state index contributed by atoms with van der Waals surface area (Å²) in [6.07, 6.45) is 0.474. The second kappa shape index (κ2) is 7.45. The van der Waals surface area contributed by atoms with Crippen LogP contribution in [0.4, 0.5) is 8.78 Å². The second-order valence-electron chi connectivity index (χ2n) is 5.15. The van der Waals surface area contributed by atoms with Crippen LogP contribution in [-0.4, -0.2) is 27.5 Å². The van der Waals surface area contributed by atoms with Crippen molar-refractivity contribution in [2.24, 2.45) is 0 Å². The summed E-state index contributed by atoms with van der Waals surface area (Å²) in [5.74, 6) is -2.52. The number of hydrogen-bond donors (Lipinski definition) is 2. The molecular formula is C17H13F2N3O2S. The van der Waals surface area contributed by atoms with Gasteiger partial charge in [-0.3, -0.25) is 9.78 Å². The Bertz CT molecular complexity index is 887. The number of amides is 1. The molecule has 1 aromatic carbocycles. The van der Waals surface area contributed by atoms with Crippen molar-refractivity contribution < 1.29 is 18.7 Å². The predicted molar refractivity (Wildman–Crippen MR) is 89.0 cm³/mol. The topological polar surface area (TPSA) is 75.1 Å². The number of halogens is 2. The summed E-state index contributed by atoms with van der Waals surface area (Å²) in [7, 11) is 0. The van der Waals surface area contributed by atoms with Crippen molar-refractivity contribution in [3.63, 3.8) is 0 Å². The molecule has 3 rings (SSSR count). The van der Waals surface area contributed by atoms with Crippen LogP contribution in [0.3, 0.4) is 0 Å². The summed E-state index contributed by atoms with van der Waals surface area (Å²) in [6, 6.07) is 8.47. The van der Waals surface area contributed by atoms with Crippen LogP contribution in [0.5, 0.6) is 0 Å². The van der Waals surface area contributed by atoms with E-state index in [1.807, 2.05) is 6.07 Å². The van der Waals surface area contributed by atoms with Crippen molar-refractivity contribution in [3.05, 3.63) is 70.9 Å². The van der Waals surface area contributed by atoms with Gasteiger partial charge in [0, 0.05) is 18.1 Å². The number of aliphatic hydroxyl groups excluding tert-OH is 1. The highest BCUT2D eigenvalue weighted by Crippen LogP contribution is 2.21. The zero-order valence-corrected chi connectivity index (χ0v) is 13.6. The van der Waals surface area contributed by atoms with Crippen LogP contribution in [-0.2, 0) is 0 Å². The van der Waals surface area contributed by atoms with E-state index < -0.39 is 23.6 Å². The minimum atomic E-state index is -1.16. The first-order chi connectivity index (χ1) is 12.0. The summed E-state index contributed by atoms with van der Waals surface area (Å²) in [6.45, 7) is -0.152. The SMILES string of the molecule is O=C(NC[C@@H](O)c1ccc(F)c(F)c1)c1csc(-c2ccccn2)n1. The molecule has 3 aromatic rings. The van der Waals surface area contributed by atoms with Crippen LogP contribution < -0.4 is 5.32 Å².